The number of rotatable bonds is 7. The van der Waals surface area contributed by atoms with Crippen LogP contribution in [0, 0.1) is 11.3 Å². The van der Waals surface area contributed by atoms with E-state index in [0.29, 0.717) is 12.5 Å². The molecule has 0 radical (unpaired) electrons. The lowest BCUT2D eigenvalue weighted by Crippen LogP contribution is -2.50. The average Bonchev–Trinajstić information content (AvgIpc) is 3.38. The zero-order chi connectivity index (χ0) is 18.0. The standard InChI is InChI=1S/C22H30N2O2/c1-2-13-26-20-6-3-5-19(14-20)15-23-12-10-22(17-23)9-4-11-24(21(22)25)16-18-7-8-18/h2-3,5-6,14,18H,1,4,7-13,15-17H2/t22-/m0/s1. The van der Waals surface area contributed by atoms with Crippen LogP contribution >= 0.6 is 0 Å². The number of hydrogen-bond acceptors (Lipinski definition) is 3. The molecular weight excluding hydrogens is 324 g/mol. The van der Waals surface area contributed by atoms with Gasteiger partial charge in [0.1, 0.15) is 12.4 Å². The molecule has 3 aliphatic rings. The van der Waals surface area contributed by atoms with E-state index in [0.717, 1.165) is 63.7 Å². The zero-order valence-electron chi connectivity index (χ0n) is 15.7. The number of piperidine rings is 1. The van der Waals surface area contributed by atoms with Crippen molar-refractivity contribution in [2.24, 2.45) is 11.3 Å². The second-order valence-corrected chi connectivity index (χ2v) is 8.29. The van der Waals surface area contributed by atoms with Crippen molar-refractivity contribution in [1.29, 1.82) is 0 Å². The van der Waals surface area contributed by atoms with E-state index in [4.69, 9.17) is 4.74 Å². The van der Waals surface area contributed by atoms with Gasteiger partial charge in [-0.2, -0.15) is 0 Å². The molecule has 0 bridgehead atoms. The summed E-state index contributed by atoms with van der Waals surface area (Å²) in [5.74, 6) is 2.10. The fourth-order valence-corrected chi connectivity index (χ4v) is 4.56. The van der Waals surface area contributed by atoms with E-state index in [1.165, 1.54) is 18.4 Å². The maximum absolute atomic E-state index is 13.2. The Kier molecular flexibility index (Phi) is 5.03. The lowest BCUT2D eigenvalue weighted by atomic mass is 9.78. The van der Waals surface area contributed by atoms with Crippen molar-refractivity contribution >= 4 is 5.91 Å². The van der Waals surface area contributed by atoms with Crippen molar-refractivity contribution < 1.29 is 9.53 Å². The third-order valence-electron chi connectivity index (χ3n) is 6.11. The number of carbonyl (C=O) groups is 1. The van der Waals surface area contributed by atoms with Gasteiger partial charge in [-0.15, -0.1) is 0 Å². The molecule has 1 amide bonds. The Morgan fingerprint density at radius 3 is 2.96 bits per heavy atom. The summed E-state index contributed by atoms with van der Waals surface area (Å²) in [7, 11) is 0. The number of carbonyl (C=O) groups excluding carboxylic acids is 1. The molecule has 1 atom stereocenters. The van der Waals surface area contributed by atoms with Crippen molar-refractivity contribution in [3.63, 3.8) is 0 Å². The van der Waals surface area contributed by atoms with Crippen molar-refractivity contribution in [1.82, 2.24) is 9.80 Å². The molecule has 0 N–H and O–H groups in total. The number of hydrogen-bond donors (Lipinski definition) is 0. The Morgan fingerprint density at radius 1 is 1.27 bits per heavy atom. The highest BCUT2D eigenvalue weighted by molar-refractivity contribution is 5.84. The molecule has 2 saturated heterocycles. The molecule has 26 heavy (non-hydrogen) atoms. The van der Waals surface area contributed by atoms with Gasteiger partial charge in [-0.3, -0.25) is 9.69 Å². The highest BCUT2D eigenvalue weighted by atomic mass is 16.5. The van der Waals surface area contributed by atoms with Gasteiger partial charge in [0, 0.05) is 26.2 Å². The molecule has 1 saturated carbocycles. The van der Waals surface area contributed by atoms with E-state index in [-0.39, 0.29) is 5.41 Å². The Bertz CT molecular complexity index is 670. The molecule has 1 aliphatic carbocycles. The van der Waals surface area contributed by atoms with Gasteiger partial charge in [-0.1, -0.05) is 24.8 Å². The maximum atomic E-state index is 13.2. The molecular formula is C22H30N2O2. The molecule has 0 aromatic heterocycles. The molecule has 0 unspecified atom stereocenters. The molecule has 1 spiro atoms. The van der Waals surface area contributed by atoms with Gasteiger partial charge in [0.05, 0.1) is 5.41 Å². The molecule has 2 aliphatic heterocycles. The molecule has 4 rings (SSSR count). The summed E-state index contributed by atoms with van der Waals surface area (Å²) >= 11 is 0. The third-order valence-corrected chi connectivity index (χ3v) is 6.11. The van der Waals surface area contributed by atoms with E-state index in [2.05, 4.69) is 28.5 Å². The summed E-state index contributed by atoms with van der Waals surface area (Å²) in [6.45, 7) is 9.01. The minimum Gasteiger partial charge on any atom is -0.490 e. The van der Waals surface area contributed by atoms with Crippen LogP contribution in [0.25, 0.3) is 0 Å². The van der Waals surface area contributed by atoms with Crippen LogP contribution in [-0.4, -0.2) is 48.5 Å². The lowest BCUT2D eigenvalue weighted by molar-refractivity contribution is -0.145. The van der Waals surface area contributed by atoms with E-state index in [9.17, 15) is 4.79 Å². The summed E-state index contributed by atoms with van der Waals surface area (Å²) in [6, 6.07) is 8.28. The van der Waals surface area contributed by atoms with Gasteiger partial charge in [0.2, 0.25) is 5.91 Å². The van der Waals surface area contributed by atoms with Crippen LogP contribution in [-0.2, 0) is 11.3 Å². The average molecular weight is 354 g/mol. The first kappa shape index (κ1) is 17.6. The molecule has 3 fully saturated rings. The first-order valence-electron chi connectivity index (χ1n) is 10.0. The summed E-state index contributed by atoms with van der Waals surface area (Å²) in [4.78, 5) is 17.8. The topological polar surface area (TPSA) is 32.8 Å². The molecule has 1 aromatic carbocycles. The lowest BCUT2D eigenvalue weighted by Gasteiger charge is -2.39. The van der Waals surface area contributed by atoms with Gasteiger partial charge >= 0.3 is 0 Å². The summed E-state index contributed by atoms with van der Waals surface area (Å²) in [6.07, 6.45) is 7.63. The quantitative estimate of drug-likeness (QED) is 0.703. The van der Waals surface area contributed by atoms with Crippen LogP contribution in [0.3, 0.4) is 0 Å². The number of nitrogens with zero attached hydrogens (tertiary/aromatic N) is 2. The van der Waals surface area contributed by atoms with E-state index in [1.807, 2.05) is 12.1 Å². The molecule has 1 aromatic rings. The van der Waals surface area contributed by atoms with Gasteiger partial charge in [-0.25, -0.2) is 0 Å². The number of benzene rings is 1. The van der Waals surface area contributed by atoms with Crippen LogP contribution in [0.15, 0.2) is 36.9 Å². The highest BCUT2D eigenvalue weighted by Gasteiger charge is 2.48. The fourth-order valence-electron chi connectivity index (χ4n) is 4.56. The molecule has 4 nitrogen and oxygen atoms in total. The zero-order valence-corrected chi connectivity index (χ0v) is 15.7. The van der Waals surface area contributed by atoms with Gasteiger partial charge in [-0.05, 0) is 62.3 Å². The Balaban J connectivity index is 1.38. The second kappa shape index (κ2) is 7.43. The van der Waals surface area contributed by atoms with Crippen LogP contribution in [0.1, 0.15) is 37.7 Å². The predicted molar refractivity (Wildman–Crippen MR) is 103 cm³/mol. The van der Waals surface area contributed by atoms with Crippen molar-refractivity contribution in [2.45, 2.75) is 38.6 Å². The smallest absolute Gasteiger partial charge is 0.230 e. The Labute approximate surface area is 156 Å². The molecule has 140 valence electrons. The summed E-state index contributed by atoms with van der Waals surface area (Å²) in [5, 5.41) is 0. The first-order valence-corrected chi connectivity index (χ1v) is 10.0. The summed E-state index contributed by atoms with van der Waals surface area (Å²) in [5.41, 5.74) is 1.13. The van der Waals surface area contributed by atoms with Crippen LogP contribution in [0.2, 0.25) is 0 Å². The van der Waals surface area contributed by atoms with E-state index < -0.39 is 0 Å². The fraction of sp³-hybridized carbons (Fsp3) is 0.591. The SMILES string of the molecule is C=CCOc1cccc(CN2CC[C@@]3(CCCN(CC4CC4)C3=O)C2)c1. The largest absolute Gasteiger partial charge is 0.490 e. The second-order valence-electron chi connectivity index (χ2n) is 8.29. The van der Waals surface area contributed by atoms with E-state index in [1.54, 1.807) is 6.08 Å². The molecule has 4 heteroatoms. The van der Waals surface area contributed by atoms with E-state index >= 15 is 0 Å². The third kappa shape index (κ3) is 3.80. The predicted octanol–water partition coefficient (Wildman–Crippen LogP) is 3.48. The Hall–Kier alpha value is -1.81. The van der Waals surface area contributed by atoms with Crippen LogP contribution in [0.4, 0.5) is 0 Å². The Morgan fingerprint density at radius 2 is 2.15 bits per heavy atom. The van der Waals surface area contributed by atoms with Gasteiger partial charge in [0.25, 0.3) is 0 Å². The first-order chi connectivity index (χ1) is 12.7. The number of ether oxygens (including phenoxy) is 1. The number of likely N-dealkylation sites (tertiary alicyclic amines) is 2. The van der Waals surface area contributed by atoms with Crippen molar-refractivity contribution in [3.05, 3.63) is 42.5 Å². The van der Waals surface area contributed by atoms with Crippen molar-refractivity contribution in [3.8, 4) is 5.75 Å². The number of amides is 1. The maximum Gasteiger partial charge on any atom is 0.230 e. The summed E-state index contributed by atoms with van der Waals surface area (Å²) < 4.78 is 5.65. The normalized spacial score (nSPS) is 26.5. The van der Waals surface area contributed by atoms with Gasteiger partial charge < -0.3 is 9.64 Å². The highest BCUT2D eigenvalue weighted by Crippen LogP contribution is 2.42. The minimum atomic E-state index is -0.121. The minimum absolute atomic E-state index is 0.121. The molecule has 2 heterocycles. The van der Waals surface area contributed by atoms with Gasteiger partial charge in [0.15, 0.2) is 0 Å². The van der Waals surface area contributed by atoms with Crippen LogP contribution < -0.4 is 4.74 Å². The van der Waals surface area contributed by atoms with Crippen molar-refractivity contribution in [2.75, 3.05) is 32.8 Å². The monoisotopic (exact) mass is 354 g/mol. The van der Waals surface area contributed by atoms with Crippen LogP contribution in [0.5, 0.6) is 5.75 Å².